The van der Waals surface area contributed by atoms with Gasteiger partial charge in [-0.15, -0.1) is 0 Å². The highest BCUT2D eigenvalue weighted by Gasteiger charge is 2.35. The minimum absolute atomic E-state index is 0.0575. The van der Waals surface area contributed by atoms with Crippen molar-refractivity contribution in [3.05, 3.63) is 0 Å². The summed E-state index contributed by atoms with van der Waals surface area (Å²) in [5.74, 6) is 1.99. The standard InChI is InChI=1S/C18H32O3S4.C17H31NO3S4/c1-13(2)7-5-6-8-15-9-10-22-23-12-14(17(20)21)11-16(19)18(3,4)25-24-15;1-12(2)7-5-6-8-13-9-10-22-25-17(3,4)16(21)18-14(15(19)20)11-23-24-13/h13-15H,5-12H2,1-4H3,(H,20,21);12-14H,5-11H2,1-4H3,(H,18,21)(H,19,20). The molecule has 1 amide bonds. The molecule has 0 spiro atoms. The lowest BCUT2D eigenvalue weighted by Gasteiger charge is -2.27. The molecule has 0 aromatic carbocycles. The van der Waals surface area contributed by atoms with Crippen LogP contribution in [0.4, 0.5) is 0 Å². The number of Topliss-reactive ketones (excluding diaryl/α,β-unsaturated/α-hetero) is 1. The Bertz CT molecular complexity index is 1020. The molecular formula is C35H63NO6S8. The van der Waals surface area contributed by atoms with E-state index < -0.39 is 33.4 Å². The maximum Gasteiger partial charge on any atom is 0.327 e. The van der Waals surface area contributed by atoms with Crippen LogP contribution in [0.25, 0.3) is 0 Å². The summed E-state index contributed by atoms with van der Waals surface area (Å²) in [7, 11) is 13.5. The van der Waals surface area contributed by atoms with Crippen LogP contribution in [-0.4, -0.2) is 82.9 Å². The lowest BCUT2D eigenvalue weighted by molar-refractivity contribution is -0.143. The number of carbonyl (C=O) groups excluding carboxylic acids is 2. The Hall–Kier alpha value is 0.880. The van der Waals surface area contributed by atoms with Crippen LogP contribution in [0.2, 0.25) is 0 Å². The van der Waals surface area contributed by atoms with Crippen LogP contribution in [0.15, 0.2) is 0 Å². The summed E-state index contributed by atoms with van der Waals surface area (Å²) >= 11 is 0. The smallest absolute Gasteiger partial charge is 0.327 e. The number of carbonyl (C=O) groups is 4. The van der Waals surface area contributed by atoms with E-state index >= 15 is 0 Å². The predicted octanol–water partition coefficient (Wildman–Crippen LogP) is 11.3. The molecule has 7 nitrogen and oxygen atoms in total. The van der Waals surface area contributed by atoms with E-state index in [-0.39, 0.29) is 18.1 Å². The number of unbranched alkanes of at least 4 members (excludes halogenated alkanes) is 2. The molecule has 0 aliphatic carbocycles. The Balaban J connectivity index is 0.000000500. The van der Waals surface area contributed by atoms with Gasteiger partial charge in [-0.2, -0.15) is 0 Å². The number of hydrogen-bond acceptors (Lipinski definition) is 12. The van der Waals surface area contributed by atoms with E-state index in [4.69, 9.17) is 0 Å². The number of rotatable bonds is 12. The zero-order valence-corrected chi connectivity index (χ0v) is 37.9. The Morgan fingerprint density at radius 3 is 1.82 bits per heavy atom. The van der Waals surface area contributed by atoms with E-state index in [1.165, 1.54) is 51.4 Å². The van der Waals surface area contributed by atoms with Crippen molar-refractivity contribution in [2.75, 3.05) is 23.0 Å². The van der Waals surface area contributed by atoms with Gasteiger partial charge < -0.3 is 15.5 Å². The number of carboxylic acids is 2. The summed E-state index contributed by atoms with van der Waals surface area (Å²) in [6.07, 6.45) is 12.4. The molecule has 0 aromatic heterocycles. The van der Waals surface area contributed by atoms with Crippen LogP contribution >= 0.6 is 86.4 Å². The molecule has 2 fully saturated rings. The predicted molar refractivity (Wildman–Crippen MR) is 232 cm³/mol. The van der Waals surface area contributed by atoms with E-state index in [9.17, 15) is 29.4 Å². The topological polar surface area (TPSA) is 121 Å². The van der Waals surface area contributed by atoms with Crippen LogP contribution in [0, 0.1) is 17.8 Å². The van der Waals surface area contributed by atoms with Gasteiger partial charge in [0.15, 0.2) is 0 Å². The summed E-state index contributed by atoms with van der Waals surface area (Å²) in [4.78, 5) is 47.8. The zero-order chi connectivity index (χ0) is 37.7. The molecule has 0 saturated carbocycles. The largest absolute Gasteiger partial charge is 0.481 e. The molecule has 0 bridgehead atoms. The van der Waals surface area contributed by atoms with Gasteiger partial charge in [-0.1, -0.05) is 153 Å². The second-order valence-electron chi connectivity index (χ2n) is 14.8. The van der Waals surface area contributed by atoms with Crippen molar-refractivity contribution in [1.82, 2.24) is 5.32 Å². The minimum atomic E-state index is -0.958. The van der Waals surface area contributed by atoms with Gasteiger partial charge in [0, 0.05) is 39.9 Å². The minimum Gasteiger partial charge on any atom is -0.481 e. The summed E-state index contributed by atoms with van der Waals surface area (Å²) in [6, 6.07) is -0.823. The fraction of sp³-hybridized carbons (Fsp3) is 0.886. The van der Waals surface area contributed by atoms with Gasteiger partial charge in [-0.05, 0) is 65.2 Å². The van der Waals surface area contributed by atoms with Gasteiger partial charge >= 0.3 is 11.9 Å². The summed E-state index contributed by atoms with van der Waals surface area (Å²) in [6.45, 7) is 16.7. The lowest BCUT2D eigenvalue weighted by Crippen LogP contribution is -2.49. The average Bonchev–Trinajstić information content (AvgIpc) is 3.02. The number of aliphatic carboxylic acids is 2. The van der Waals surface area contributed by atoms with Crippen molar-refractivity contribution in [1.29, 1.82) is 0 Å². The highest BCUT2D eigenvalue weighted by atomic mass is 33.1. The van der Waals surface area contributed by atoms with E-state index in [0.717, 1.165) is 36.2 Å². The molecule has 15 heteroatoms. The molecule has 50 heavy (non-hydrogen) atoms. The van der Waals surface area contributed by atoms with Gasteiger partial charge in [-0.25, -0.2) is 4.79 Å². The Morgan fingerprint density at radius 1 is 0.720 bits per heavy atom. The average molecular weight is 850 g/mol. The molecule has 4 unspecified atom stereocenters. The van der Waals surface area contributed by atoms with E-state index in [2.05, 4.69) is 33.0 Å². The summed E-state index contributed by atoms with van der Waals surface area (Å²) in [5.41, 5.74) is 0. The third-order valence-corrected chi connectivity index (χ3v) is 20.8. The first kappa shape index (κ1) is 48.9. The molecular weight excluding hydrogens is 787 g/mol. The molecule has 2 saturated heterocycles. The second-order valence-corrected chi connectivity index (χ2v) is 26.3. The van der Waals surface area contributed by atoms with Crippen molar-refractivity contribution in [3.8, 4) is 0 Å². The molecule has 4 atom stereocenters. The van der Waals surface area contributed by atoms with Crippen molar-refractivity contribution >= 4 is 110 Å². The number of nitrogens with one attached hydrogen (secondary N) is 1. The Labute approximate surface area is 335 Å². The van der Waals surface area contributed by atoms with E-state index in [0.29, 0.717) is 22.0 Å². The summed E-state index contributed by atoms with van der Waals surface area (Å²) in [5, 5.41) is 22.5. The van der Waals surface area contributed by atoms with Crippen LogP contribution in [-0.2, 0) is 19.2 Å². The maximum atomic E-state index is 12.6. The summed E-state index contributed by atoms with van der Waals surface area (Å²) < 4.78 is -1.15. The van der Waals surface area contributed by atoms with Crippen molar-refractivity contribution in [2.24, 2.45) is 17.8 Å². The van der Waals surface area contributed by atoms with E-state index in [1.807, 2.05) is 38.5 Å². The van der Waals surface area contributed by atoms with Crippen LogP contribution < -0.4 is 5.32 Å². The fourth-order valence-electron chi connectivity index (χ4n) is 4.74. The normalized spacial score (nSPS) is 25.9. The number of carboxylic acid groups (broad SMARTS) is 2. The first-order valence-electron chi connectivity index (χ1n) is 17.9. The third kappa shape index (κ3) is 22.3. The van der Waals surface area contributed by atoms with Crippen molar-refractivity contribution in [3.63, 3.8) is 0 Å². The highest BCUT2D eigenvalue weighted by Crippen LogP contribution is 2.44. The van der Waals surface area contributed by atoms with Crippen LogP contribution in [0.3, 0.4) is 0 Å². The molecule has 0 radical (unpaired) electrons. The maximum absolute atomic E-state index is 12.6. The number of hydrogen-bond donors (Lipinski definition) is 3. The third-order valence-electron chi connectivity index (χ3n) is 8.22. The SMILES string of the molecule is CC(C)CCCCC1CCSSC(C)(C)C(=O)NC(C(=O)O)CSS1.CC(C)CCCCC1CCSSCC(C(=O)O)CC(=O)C(C)(C)SS1. The fourth-order valence-corrected chi connectivity index (χ4v) is 15.9. The quantitative estimate of drug-likeness (QED) is 0.128. The molecule has 2 heterocycles. The molecule has 2 rings (SSSR count). The monoisotopic (exact) mass is 849 g/mol. The molecule has 0 aromatic rings. The molecule has 292 valence electrons. The lowest BCUT2D eigenvalue weighted by atomic mass is 9.97. The van der Waals surface area contributed by atoms with Gasteiger partial charge in [0.25, 0.3) is 0 Å². The molecule has 2 aliphatic heterocycles. The first-order chi connectivity index (χ1) is 23.4. The van der Waals surface area contributed by atoms with Crippen LogP contribution in [0.5, 0.6) is 0 Å². The van der Waals surface area contributed by atoms with Gasteiger partial charge in [0.05, 0.1) is 15.4 Å². The van der Waals surface area contributed by atoms with Gasteiger partial charge in [0.2, 0.25) is 5.91 Å². The van der Waals surface area contributed by atoms with Crippen molar-refractivity contribution in [2.45, 2.75) is 152 Å². The number of ketones is 1. The van der Waals surface area contributed by atoms with E-state index in [1.54, 1.807) is 75.6 Å². The van der Waals surface area contributed by atoms with Crippen molar-refractivity contribution < 1.29 is 29.4 Å². The second kappa shape index (κ2) is 26.6. The first-order valence-corrected chi connectivity index (χ1v) is 27.3. The molecule has 3 N–H and O–H groups in total. The van der Waals surface area contributed by atoms with Gasteiger partial charge in [0.1, 0.15) is 11.8 Å². The Kier molecular flexibility index (Phi) is 26.1. The van der Waals surface area contributed by atoms with Gasteiger partial charge in [-0.3, -0.25) is 14.4 Å². The molecule has 2 aliphatic rings. The Morgan fingerprint density at radius 2 is 1.28 bits per heavy atom. The van der Waals surface area contributed by atoms with Crippen LogP contribution in [0.1, 0.15) is 126 Å². The number of amides is 1. The highest BCUT2D eigenvalue weighted by molar-refractivity contribution is 8.78. The zero-order valence-electron chi connectivity index (χ0n) is 31.4.